The molecule has 0 saturated heterocycles. The highest BCUT2D eigenvalue weighted by atomic mass is 31.2. The lowest BCUT2D eigenvalue weighted by molar-refractivity contribution is 0.167. The van der Waals surface area contributed by atoms with Crippen LogP contribution in [0.4, 0.5) is 0 Å². The molecule has 0 atom stereocenters. The van der Waals surface area contributed by atoms with Crippen molar-refractivity contribution in [2.75, 3.05) is 13.2 Å². The minimum Gasteiger partial charge on any atom is -0.462 e. The molecular weight excluding hydrogens is 279 g/mol. The monoisotopic (exact) mass is 304 g/mol. The molecule has 0 bridgehead atoms. The summed E-state index contributed by atoms with van der Waals surface area (Å²) in [5.74, 6) is 1.86. The molecule has 0 aliphatic heterocycles. The lowest BCUT2D eigenvalue weighted by Gasteiger charge is -2.16. The number of aryl methyl sites for hydroxylation is 2. The molecule has 6 heteroatoms. The van der Waals surface area contributed by atoms with Gasteiger partial charge in [0.1, 0.15) is 11.5 Å². The number of phosphoric ester groups is 1. The van der Waals surface area contributed by atoms with Crippen LogP contribution < -0.4 is 4.52 Å². The highest BCUT2D eigenvalue weighted by Gasteiger charge is 2.29. The van der Waals surface area contributed by atoms with E-state index in [0.717, 1.165) is 31.4 Å². The highest BCUT2D eigenvalue weighted by Crippen LogP contribution is 2.50. The van der Waals surface area contributed by atoms with Gasteiger partial charge in [-0.25, -0.2) is 4.57 Å². The maximum atomic E-state index is 12.3. The molecule has 0 spiro atoms. The Morgan fingerprint density at radius 3 is 2.35 bits per heavy atom. The van der Waals surface area contributed by atoms with Crippen molar-refractivity contribution in [1.29, 1.82) is 0 Å². The molecule has 0 aromatic carbocycles. The van der Waals surface area contributed by atoms with Gasteiger partial charge < -0.3 is 8.94 Å². The van der Waals surface area contributed by atoms with Crippen molar-refractivity contribution in [2.45, 2.75) is 53.4 Å². The summed E-state index contributed by atoms with van der Waals surface area (Å²) in [5.41, 5.74) is 0. The van der Waals surface area contributed by atoms with Crippen molar-refractivity contribution in [2.24, 2.45) is 0 Å². The van der Waals surface area contributed by atoms with Crippen molar-refractivity contribution in [3.8, 4) is 5.75 Å². The van der Waals surface area contributed by atoms with Crippen LogP contribution in [0.25, 0.3) is 0 Å². The summed E-state index contributed by atoms with van der Waals surface area (Å²) in [5, 5.41) is 0. The Morgan fingerprint density at radius 1 is 1.15 bits per heavy atom. The predicted octanol–water partition coefficient (Wildman–Crippen LogP) is 4.88. The molecule has 0 amide bonds. The fraction of sp³-hybridized carbons (Fsp3) is 0.714. The maximum Gasteiger partial charge on any atom is 0.530 e. The van der Waals surface area contributed by atoms with Gasteiger partial charge in [-0.1, -0.05) is 19.8 Å². The van der Waals surface area contributed by atoms with E-state index in [9.17, 15) is 4.57 Å². The summed E-state index contributed by atoms with van der Waals surface area (Å²) in [6.07, 6.45) is 4.24. The maximum absolute atomic E-state index is 12.3. The molecule has 0 unspecified atom stereocenters. The summed E-state index contributed by atoms with van der Waals surface area (Å²) in [7, 11) is -3.55. The Kier molecular flexibility index (Phi) is 7.35. The van der Waals surface area contributed by atoms with Gasteiger partial charge in [-0.05, 0) is 27.2 Å². The van der Waals surface area contributed by atoms with Crippen LogP contribution in [0.2, 0.25) is 0 Å². The summed E-state index contributed by atoms with van der Waals surface area (Å²) < 4.78 is 33.5. The third kappa shape index (κ3) is 5.31. The van der Waals surface area contributed by atoms with Crippen LogP contribution in [0, 0.1) is 6.92 Å². The first kappa shape index (κ1) is 17.3. The molecule has 0 aliphatic rings. The van der Waals surface area contributed by atoms with E-state index in [4.69, 9.17) is 18.0 Å². The molecule has 1 aromatic heterocycles. The van der Waals surface area contributed by atoms with E-state index in [2.05, 4.69) is 6.92 Å². The number of phosphoric acid groups is 1. The van der Waals surface area contributed by atoms with Gasteiger partial charge in [0.25, 0.3) is 0 Å². The second-order valence-electron chi connectivity index (χ2n) is 4.46. The number of rotatable bonds is 10. The van der Waals surface area contributed by atoms with Crippen molar-refractivity contribution in [1.82, 2.24) is 0 Å². The predicted molar refractivity (Wildman–Crippen MR) is 78.2 cm³/mol. The van der Waals surface area contributed by atoms with Crippen LogP contribution in [-0.2, 0) is 20.0 Å². The van der Waals surface area contributed by atoms with E-state index in [1.54, 1.807) is 26.8 Å². The summed E-state index contributed by atoms with van der Waals surface area (Å²) in [6, 6.07) is 1.77. The first-order valence-electron chi connectivity index (χ1n) is 7.22. The van der Waals surface area contributed by atoms with Crippen molar-refractivity contribution >= 4 is 7.82 Å². The Bertz CT molecular complexity index is 431. The first-order chi connectivity index (χ1) is 9.54. The van der Waals surface area contributed by atoms with Crippen molar-refractivity contribution in [3.05, 3.63) is 17.6 Å². The van der Waals surface area contributed by atoms with E-state index in [-0.39, 0.29) is 13.2 Å². The zero-order chi connectivity index (χ0) is 15.0. The first-order valence-corrected chi connectivity index (χ1v) is 8.68. The van der Waals surface area contributed by atoms with Crippen LogP contribution in [0.5, 0.6) is 5.75 Å². The minimum atomic E-state index is -3.55. The molecule has 0 saturated carbocycles. The summed E-state index contributed by atoms with van der Waals surface area (Å²) in [6.45, 7) is 7.94. The van der Waals surface area contributed by atoms with Crippen molar-refractivity contribution < 1.29 is 22.6 Å². The fourth-order valence-corrected chi connectivity index (χ4v) is 3.05. The average molecular weight is 304 g/mol. The standard InChI is InChI=1S/C14H25O5P/c1-5-8-9-10-13-11-14(12(4)18-13)19-20(15,16-6-2)17-7-3/h11H,5-10H2,1-4H3. The topological polar surface area (TPSA) is 57.9 Å². The zero-order valence-corrected chi connectivity index (χ0v) is 13.7. The fourth-order valence-electron chi connectivity index (χ4n) is 1.81. The van der Waals surface area contributed by atoms with E-state index < -0.39 is 7.82 Å². The van der Waals surface area contributed by atoms with E-state index in [1.807, 2.05) is 0 Å². The number of hydrogen-bond donors (Lipinski definition) is 0. The lowest BCUT2D eigenvalue weighted by atomic mass is 10.2. The molecular formula is C14H25O5P. The molecule has 0 fully saturated rings. The van der Waals surface area contributed by atoms with E-state index in [0.29, 0.717) is 11.5 Å². The molecule has 1 aromatic rings. The smallest absolute Gasteiger partial charge is 0.462 e. The van der Waals surface area contributed by atoms with Crippen LogP contribution in [0.1, 0.15) is 51.6 Å². The molecule has 5 nitrogen and oxygen atoms in total. The zero-order valence-electron chi connectivity index (χ0n) is 12.8. The van der Waals surface area contributed by atoms with Gasteiger partial charge in [-0.2, -0.15) is 0 Å². The number of unbranched alkanes of at least 4 members (excludes halogenated alkanes) is 2. The van der Waals surface area contributed by atoms with Gasteiger partial charge in [-0.15, -0.1) is 0 Å². The number of furan rings is 1. The molecule has 0 radical (unpaired) electrons. The van der Waals surface area contributed by atoms with Gasteiger partial charge in [0.05, 0.1) is 13.2 Å². The van der Waals surface area contributed by atoms with Gasteiger partial charge in [0.15, 0.2) is 5.75 Å². The third-order valence-corrected chi connectivity index (χ3v) is 4.30. The minimum absolute atomic E-state index is 0.261. The Morgan fingerprint density at radius 2 is 1.80 bits per heavy atom. The van der Waals surface area contributed by atoms with Crippen LogP contribution in [0.3, 0.4) is 0 Å². The normalized spacial score (nSPS) is 11.8. The Labute approximate surface area is 121 Å². The quantitative estimate of drug-likeness (QED) is 0.455. The molecule has 20 heavy (non-hydrogen) atoms. The van der Waals surface area contributed by atoms with E-state index >= 15 is 0 Å². The summed E-state index contributed by atoms with van der Waals surface area (Å²) >= 11 is 0. The second kappa shape index (κ2) is 8.50. The largest absolute Gasteiger partial charge is 0.530 e. The van der Waals surface area contributed by atoms with Gasteiger partial charge in [0.2, 0.25) is 0 Å². The van der Waals surface area contributed by atoms with Gasteiger partial charge in [0, 0.05) is 12.5 Å². The SMILES string of the molecule is CCCCCc1cc(OP(=O)(OCC)OCC)c(C)o1. The molecule has 0 aliphatic carbocycles. The third-order valence-electron chi connectivity index (χ3n) is 2.73. The molecule has 116 valence electrons. The average Bonchev–Trinajstić information content (AvgIpc) is 2.70. The Balaban J connectivity index is 2.72. The highest BCUT2D eigenvalue weighted by molar-refractivity contribution is 7.48. The van der Waals surface area contributed by atoms with Gasteiger partial charge >= 0.3 is 7.82 Å². The van der Waals surface area contributed by atoms with Crippen LogP contribution >= 0.6 is 7.82 Å². The molecule has 1 heterocycles. The molecule has 1 rings (SSSR count). The number of hydrogen-bond acceptors (Lipinski definition) is 5. The van der Waals surface area contributed by atoms with E-state index in [1.165, 1.54) is 0 Å². The lowest BCUT2D eigenvalue weighted by Crippen LogP contribution is -2.02. The van der Waals surface area contributed by atoms with Gasteiger partial charge in [-0.3, -0.25) is 9.05 Å². The second-order valence-corrected chi connectivity index (χ2v) is 6.06. The summed E-state index contributed by atoms with van der Waals surface area (Å²) in [4.78, 5) is 0. The Hall–Kier alpha value is -0.770. The van der Waals surface area contributed by atoms with Crippen molar-refractivity contribution in [3.63, 3.8) is 0 Å². The van der Waals surface area contributed by atoms with Crippen LogP contribution in [-0.4, -0.2) is 13.2 Å². The molecule has 0 N–H and O–H groups in total. The van der Waals surface area contributed by atoms with Crippen LogP contribution in [0.15, 0.2) is 10.5 Å².